The molecule has 1 rings (SSSR count). The van der Waals surface area contributed by atoms with E-state index < -0.39 is 0 Å². The van der Waals surface area contributed by atoms with Crippen LogP contribution in [-0.2, 0) is 11.2 Å². The van der Waals surface area contributed by atoms with E-state index in [-0.39, 0.29) is 12.1 Å². The van der Waals surface area contributed by atoms with Crippen LogP contribution in [0.15, 0.2) is 24.3 Å². The molecule has 0 aliphatic carbocycles. The Bertz CT molecular complexity index is 322. The van der Waals surface area contributed by atoms with Crippen molar-refractivity contribution in [3.05, 3.63) is 35.4 Å². The quantitative estimate of drug-likeness (QED) is 0.829. The van der Waals surface area contributed by atoms with Crippen LogP contribution in [0.5, 0.6) is 0 Å². The number of nitrogens with two attached hydrogens (primary N) is 1. The molecule has 0 saturated carbocycles. The van der Waals surface area contributed by atoms with Gasteiger partial charge in [0, 0.05) is 7.11 Å². The number of rotatable bonds is 5. The van der Waals surface area contributed by atoms with Crippen molar-refractivity contribution in [2.45, 2.75) is 39.3 Å². The minimum absolute atomic E-state index is 0.0449. The lowest BCUT2D eigenvalue weighted by Crippen LogP contribution is -2.32. The van der Waals surface area contributed by atoms with Crippen molar-refractivity contribution >= 4 is 0 Å². The van der Waals surface area contributed by atoms with E-state index in [2.05, 4.69) is 45.0 Å². The van der Waals surface area contributed by atoms with E-state index in [0.29, 0.717) is 5.92 Å². The summed E-state index contributed by atoms with van der Waals surface area (Å²) in [4.78, 5) is 0. The average molecular weight is 221 g/mol. The second-order valence-electron chi connectivity index (χ2n) is 4.57. The third-order valence-electron chi connectivity index (χ3n) is 3.03. The molecule has 2 unspecified atom stereocenters. The average Bonchev–Trinajstić information content (AvgIpc) is 2.29. The van der Waals surface area contributed by atoms with Crippen molar-refractivity contribution in [2.24, 2.45) is 11.7 Å². The van der Waals surface area contributed by atoms with Crippen LogP contribution in [0.4, 0.5) is 0 Å². The fraction of sp³-hybridized carbons (Fsp3) is 0.571. The van der Waals surface area contributed by atoms with Gasteiger partial charge >= 0.3 is 0 Å². The molecule has 0 aromatic heterocycles. The van der Waals surface area contributed by atoms with E-state index in [1.54, 1.807) is 7.11 Å². The van der Waals surface area contributed by atoms with E-state index in [1.807, 2.05) is 0 Å². The normalized spacial score (nSPS) is 15.1. The van der Waals surface area contributed by atoms with Gasteiger partial charge in [0.1, 0.15) is 0 Å². The van der Waals surface area contributed by atoms with Gasteiger partial charge in [-0.1, -0.05) is 45.0 Å². The van der Waals surface area contributed by atoms with Gasteiger partial charge in [-0.05, 0) is 23.5 Å². The zero-order valence-corrected chi connectivity index (χ0v) is 10.7. The SMILES string of the molecule is CCc1cccc(C(N)C(OC)C(C)C)c1. The van der Waals surface area contributed by atoms with Gasteiger partial charge < -0.3 is 10.5 Å². The Morgan fingerprint density at radius 3 is 2.50 bits per heavy atom. The van der Waals surface area contributed by atoms with Crippen molar-refractivity contribution in [3.8, 4) is 0 Å². The molecular formula is C14H23NO. The van der Waals surface area contributed by atoms with Gasteiger partial charge in [0.05, 0.1) is 12.1 Å². The third kappa shape index (κ3) is 3.06. The molecule has 1 aromatic rings. The van der Waals surface area contributed by atoms with Crippen LogP contribution in [0.2, 0.25) is 0 Å². The van der Waals surface area contributed by atoms with Crippen LogP contribution in [0.1, 0.15) is 37.9 Å². The molecule has 0 aliphatic heterocycles. The fourth-order valence-corrected chi connectivity index (χ4v) is 2.04. The summed E-state index contributed by atoms with van der Waals surface area (Å²) in [5, 5.41) is 0. The number of hydrogen-bond acceptors (Lipinski definition) is 2. The molecule has 0 heterocycles. The van der Waals surface area contributed by atoms with Gasteiger partial charge in [0.15, 0.2) is 0 Å². The van der Waals surface area contributed by atoms with Crippen LogP contribution < -0.4 is 5.73 Å². The second kappa shape index (κ2) is 6.02. The summed E-state index contributed by atoms with van der Waals surface area (Å²) in [6, 6.07) is 8.42. The van der Waals surface area contributed by atoms with Crippen molar-refractivity contribution in [1.29, 1.82) is 0 Å². The maximum Gasteiger partial charge on any atom is 0.0786 e. The van der Waals surface area contributed by atoms with Crippen LogP contribution in [0.3, 0.4) is 0 Å². The molecule has 16 heavy (non-hydrogen) atoms. The smallest absolute Gasteiger partial charge is 0.0786 e. The van der Waals surface area contributed by atoms with Crippen LogP contribution >= 0.6 is 0 Å². The Kier molecular flexibility index (Phi) is 4.97. The van der Waals surface area contributed by atoms with E-state index in [0.717, 1.165) is 6.42 Å². The molecule has 0 saturated heterocycles. The Morgan fingerprint density at radius 2 is 2.00 bits per heavy atom. The summed E-state index contributed by atoms with van der Waals surface area (Å²) in [6.07, 6.45) is 1.12. The Balaban J connectivity index is 2.89. The highest BCUT2D eigenvalue weighted by Gasteiger charge is 2.22. The van der Waals surface area contributed by atoms with Gasteiger partial charge in [0.2, 0.25) is 0 Å². The number of benzene rings is 1. The Labute approximate surface area is 98.8 Å². The summed E-state index contributed by atoms with van der Waals surface area (Å²) in [5.74, 6) is 0.422. The van der Waals surface area contributed by atoms with Crippen LogP contribution in [0.25, 0.3) is 0 Å². The first-order chi connectivity index (χ1) is 7.60. The standard InChI is InChI=1S/C14H23NO/c1-5-11-7-6-8-12(9-11)13(15)14(16-4)10(2)3/h6-10,13-14H,5,15H2,1-4H3. The predicted octanol–water partition coefficient (Wildman–Crippen LogP) is 2.92. The number of methoxy groups -OCH3 is 1. The molecule has 90 valence electrons. The molecule has 2 N–H and O–H groups in total. The molecule has 0 radical (unpaired) electrons. The summed E-state index contributed by atoms with van der Waals surface area (Å²) in [6.45, 7) is 6.43. The van der Waals surface area contributed by atoms with Crippen molar-refractivity contribution < 1.29 is 4.74 Å². The molecular weight excluding hydrogens is 198 g/mol. The lowest BCUT2D eigenvalue weighted by molar-refractivity contribution is 0.0437. The Morgan fingerprint density at radius 1 is 1.31 bits per heavy atom. The van der Waals surface area contributed by atoms with Gasteiger partial charge in [-0.2, -0.15) is 0 Å². The highest BCUT2D eigenvalue weighted by Crippen LogP contribution is 2.22. The van der Waals surface area contributed by atoms with E-state index in [9.17, 15) is 0 Å². The molecule has 0 spiro atoms. The number of aryl methyl sites for hydroxylation is 1. The maximum absolute atomic E-state index is 6.25. The highest BCUT2D eigenvalue weighted by molar-refractivity contribution is 5.26. The topological polar surface area (TPSA) is 35.2 Å². The first-order valence-electron chi connectivity index (χ1n) is 5.97. The zero-order chi connectivity index (χ0) is 12.1. The first-order valence-corrected chi connectivity index (χ1v) is 5.97. The van der Waals surface area contributed by atoms with E-state index in [4.69, 9.17) is 10.5 Å². The molecule has 0 fully saturated rings. The lowest BCUT2D eigenvalue weighted by Gasteiger charge is -2.26. The Hall–Kier alpha value is -0.860. The van der Waals surface area contributed by atoms with Crippen molar-refractivity contribution in [2.75, 3.05) is 7.11 Å². The summed E-state index contributed by atoms with van der Waals surface area (Å²) in [7, 11) is 1.73. The molecule has 2 atom stereocenters. The first kappa shape index (κ1) is 13.2. The monoisotopic (exact) mass is 221 g/mol. The third-order valence-corrected chi connectivity index (χ3v) is 3.03. The zero-order valence-electron chi connectivity index (χ0n) is 10.7. The molecule has 1 aromatic carbocycles. The molecule has 2 nitrogen and oxygen atoms in total. The number of hydrogen-bond donors (Lipinski definition) is 1. The minimum atomic E-state index is -0.0449. The summed E-state index contributed by atoms with van der Waals surface area (Å²) >= 11 is 0. The van der Waals surface area contributed by atoms with Crippen molar-refractivity contribution in [3.63, 3.8) is 0 Å². The van der Waals surface area contributed by atoms with E-state index in [1.165, 1.54) is 11.1 Å². The van der Waals surface area contributed by atoms with Crippen LogP contribution in [-0.4, -0.2) is 13.2 Å². The van der Waals surface area contributed by atoms with Gasteiger partial charge in [-0.3, -0.25) is 0 Å². The molecule has 0 amide bonds. The lowest BCUT2D eigenvalue weighted by atomic mass is 9.93. The number of ether oxygens (including phenoxy) is 1. The maximum atomic E-state index is 6.25. The predicted molar refractivity (Wildman–Crippen MR) is 68.4 cm³/mol. The summed E-state index contributed by atoms with van der Waals surface area (Å²) < 4.78 is 5.48. The van der Waals surface area contributed by atoms with Gasteiger partial charge in [-0.15, -0.1) is 0 Å². The largest absolute Gasteiger partial charge is 0.379 e. The second-order valence-corrected chi connectivity index (χ2v) is 4.57. The molecule has 0 aliphatic rings. The van der Waals surface area contributed by atoms with Crippen LogP contribution in [0, 0.1) is 5.92 Å². The fourth-order valence-electron chi connectivity index (χ4n) is 2.04. The van der Waals surface area contributed by atoms with Gasteiger partial charge in [-0.25, -0.2) is 0 Å². The van der Waals surface area contributed by atoms with Gasteiger partial charge in [0.25, 0.3) is 0 Å². The summed E-state index contributed by atoms with van der Waals surface area (Å²) in [5.41, 5.74) is 8.74. The molecule has 0 bridgehead atoms. The minimum Gasteiger partial charge on any atom is -0.379 e. The van der Waals surface area contributed by atoms with E-state index >= 15 is 0 Å². The molecule has 2 heteroatoms. The highest BCUT2D eigenvalue weighted by atomic mass is 16.5. The van der Waals surface area contributed by atoms with Crippen molar-refractivity contribution in [1.82, 2.24) is 0 Å².